The molecule has 23 heavy (non-hydrogen) atoms. The van der Waals surface area contributed by atoms with Gasteiger partial charge in [0, 0.05) is 13.7 Å². The Kier molecular flexibility index (Phi) is 5.59. The Bertz CT molecular complexity index is 708. The third-order valence-corrected chi connectivity index (χ3v) is 3.14. The lowest BCUT2D eigenvalue weighted by Crippen LogP contribution is -2.29. The number of carbonyl (C=O) groups is 1. The van der Waals surface area contributed by atoms with Crippen LogP contribution in [0.2, 0.25) is 0 Å². The number of rotatable bonds is 5. The van der Waals surface area contributed by atoms with Crippen LogP contribution in [0.25, 0.3) is 0 Å². The fraction of sp³-hybridized carbons (Fsp3) is 0.188. The molecule has 7 heteroatoms. The highest BCUT2D eigenvalue weighted by molar-refractivity contribution is 5.89. The van der Waals surface area contributed by atoms with Crippen LogP contribution in [0.5, 0.6) is 0 Å². The van der Waals surface area contributed by atoms with Crippen molar-refractivity contribution in [3.63, 3.8) is 0 Å². The zero-order valence-electron chi connectivity index (χ0n) is 12.3. The van der Waals surface area contributed by atoms with Gasteiger partial charge in [-0.2, -0.15) is 0 Å². The molecule has 2 rings (SSSR count). The minimum Gasteiger partial charge on any atom is -0.380 e. The number of halogens is 3. The van der Waals surface area contributed by atoms with Gasteiger partial charge in [-0.15, -0.1) is 0 Å². The molecule has 0 radical (unpaired) electrons. The lowest BCUT2D eigenvalue weighted by molar-refractivity contribution is 0.184. The Labute approximate surface area is 131 Å². The van der Waals surface area contributed by atoms with Crippen LogP contribution in [-0.4, -0.2) is 13.1 Å². The van der Waals surface area contributed by atoms with Crippen molar-refractivity contribution in [3.8, 4) is 0 Å². The number of benzene rings is 2. The summed E-state index contributed by atoms with van der Waals surface area (Å²) < 4.78 is 44.5. The van der Waals surface area contributed by atoms with E-state index in [1.54, 1.807) is 7.11 Å². The maximum absolute atomic E-state index is 13.5. The van der Waals surface area contributed by atoms with Gasteiger partial charge in [-0.3, -0.25) is 0 Å². The average Bonchev–Trinajstić information content (AvgIpc) is 2.55. The van der Waals surface area contributed by atoms with E-state index in [2.05, 4.69) is 10.6 Å². The van der Waals surface area contributed by atoms with E-state index in [4.69, 9.17) is 4.74 Å². The first kappa shape index (κ1) is 16.8. The molecule has 2 N–H and O–H groups in total. The number of carbonyl (C=O) groups excluding carboxylic acids is 1. The van der Waals surface area contributed by atoms with E-state index in [9.17, 15) is 18.0 Å². The normalized spacial score (nSPS) is 10.4. The van der Waals surface area contributed by atoms with E-state index < -0.39 is 29.2 Å². The molecule has 0 unspecified atom stereocenters. The van der Waals surface area contributed by atoms with Crippen molar-refractivity contribution in [1.29, 1.82) is 0 Å². The van der Waals surface area contributed by atoms with E-state index in [-0.39, 0.29) is 6.54 Å². The summed E-state index contributed by atoms with van der Waals surface area (Å²) in [5, 5.41) is 4.66. The highest BCUT2D eigenvalue weighted by Crippen LogP contribution is 2.19. The molecule has 0 saturated carbocycles. The number of ether oxygens (including phenoxy) is 1. The van der Waals surface area contributed by atoms with Crippen molar-refractivity contribution in [1.82, 2.24) is 5.32 Å². The summed E-state index contributed by atoms with van der Waals surface area (Å²) in [6, 6.07) is 8.27. The predicted molar refractivity (Wildman–Crippen MR) is 79.3 cm³/mol. The number of nitrogens with one attached hydrogen (secondary N) is 2. The molecule has 0 aliphatic rings. The molecule has 122 valence electrons. The van der Waals surface area contributed by atoms with Crippen molar-refractivity contribution >= 4 is 11.7 Å². The standard InChI is InChI=1S/C16H15F3N2O2/c1-23-9-11-5-3-2-4-10(11)8-20-16(22)21-13-7-6-12(17)14(18)15(13)19/h2-7H,8-9H2,1H3,(H2,20,21,22). The zero-order valence-corrected chi connectivity index (χ0v) is 12.3. The lowest BCUT2D eigenvalue weighted by atomic mass is 10.1. The van der Waals surface area contributed by atoms with Crippen molar-refractivity contribution < 1.29 is 22.7 Å². The fourth-order valence-electron chi connectivity index (χ4n) is 1.99. The third kappa shape index (κ3) is 4.23. The first-order valence-corrected chi connectivity index (χ1v) is 6.77. The fourth-order valence-corrected chi connectivity index (χ4v) is 1.99. The van der Waals surface area contributed by atoms with Gasteiger partial charge in [0.25, 0.3) is 0 Å². The molecular formula is C16H15F3N2O2. The Morgan fingerprint density at radius 2 is 1.74 bits per heavy atom. The van der Waals surface area contributed by atoms with E-state index in [0.717, 1.165) is 23.3 Å². The van der Waals surface area contributed by atoms with E-state index >= 15 is 0 Å². The van der Waals surface area contributed by atoms with Crippen LogP contribution in [0.3, 0.4) is 0 Å². The third-order valence-electron chi connectivity index (χ3n) is 3.14. The van der Waals surface area contributed by atoms with Gasteiger partial charge in [-0.05, 0) is 23.3 Å². The lowest BCUT2D eigenvalue weighted by Gasteiger charge is -2.11. The number of anilines is 1. The minimum absolute atomic E-state index is 0.177. The molecular weight excluding hydrogens is 309 g/mol. The zero-order chi connectivity index (χ0) is 16.8. The Morgan fingerprint density at radius 3 is 2.43 bits per heavy atom. The van der Waals surface area contributed by atoms with Crippen molar-refractivity contribution in [2.45, 2.75) is 13.2 Å². The summed E-state index contributed by atoms with van der Waals surface area (Å²) in [5.41, 5.74) is 1.29. The number of amides is 2. The Balaban J connectivity index is 2.00. The summed E-state index contributed by atoms with van der Waals surface area (Å²) in [6.07, 6.45) is 0. The highest BCUT2D eigenvalue weighted by Gasteiger charge is 2.15. The molecule has 0 atom stereocenters. The van der Waals surface area contributed by atoms with Gasteiger partial charge in [-0.25, -0.2) is 18.0 Å². The van der Waals surface area contributed by atoms with Crippen LogP contribution in [0, 0.1) is 17.5 Å². The maximum Gasteiger partial charge on any atom is 0.319 e. The summed E-state index contributed by atoms with van der Waals surface area (Å²) in [4.78, 5) is 11.8. The molecule has 2 aromatic rings. The number of urea groups is 1. The molecule has 4 nitrogen and oxygen atoms in total. The molecule has 0 aliphatic heterocycles. The van der Waals surface area contributed by atoms with Gasteiger partial charge in [0.1, 0.15) is 0 Å². The molecule has 0 aromatic heterocycles. The SMILES string of the molecule is COCc1ccccc1CNC(=O)Nc1ccc(F)c(F)c1F. The van der Waals surface area contributed by atoms with Gasteiger partial charge in [0.2, 0.25) is 0 Å². The van der Waals surface area contributed by atoms with Crippen LogP contribution in [-0.2, 0) is 17.9 Å². The van der Waals surface area contributed by atoms with E-state index in [0.29, 0.717) is 6.61 Å². The van der Waals surface area contributed by atoms with E-state index in [1.165, 1.54) is 0 Å². The van der Waals surface area contributed by atoms with Gasteiger partial charge in [0.05, 0.1) is 12.3 Å². The van der Waals surface area contributed by atoms with Gasteiger partial charge in [0.15, 0.2) is 17.5 Å². The van der Waals surface area contributed by atoms with Crippen LogP contribution in [0.1, 0.15) is 11.1 Å². The molecule has 2 amide bonds. The summed E-state index contributed by atoms with van der Waals surface area (Å²) >= 11 is 0. The molecule has 0 spiro atoms. The van der Waals surface area contributed by atoms with Gasteiger partial charge >= 0.3 is 6.03 Å². The van der Waals surface area contributed by atoms with Crippen molar-refractivity contribution in [2.75, 3.05) is 12.4 Å². The molecule has 0 aliphatic carbocycles. The second-order valence-electron chi connectivity index (χ2n) is 4.73. The van der Waals surface area contributed by atoms with Crippen molar-refractivity contribution in [2.24, 2.45) is 0 Å². The molecule has 2 aromatic carbocycles. The number of hydrogen-bond acceptors (Lipinski definition) is 2. The second kappa shape index (κ2) is 7.64. The quantitative estimate of drug-likeness (QED) is 0.826. The topological polar surface area (TPSA) is 50.4 Å². The largest absolute Gasteiger partial charge is 0.380 e. The minimum atomic E-state index is -1.63. The summed E-state index contributed by atoms with van der Waals surface area (Å²) in [6.45, 7) is 0.563. The molecule has 0 bridgehead atoms. The van der Waals surface area contributed by atoms with Crippen LogP contribution >= 0.6 is 0 Å². The number of methoxy groups -OCH3 is 1. The smallest absolute Gasteiger partial charge is 0.319 e. The summed E-state index contributed by atoms with van der Waals surface area (Å²) in [7, 11) is 1.56. The van der Waals surface area contributed by atoms with Crippen LogP contribution in [0.15, 0.2) is 36.4 Å². The Hall–Kier alpha value is -2.54. The summed E-state index contributed by atoms with van der Waals surface area (Å²) in [5.74, 6) is -4.39. The van der Waals surface area contributed by atoms with Gasteiger partial charge in [-0.1, -0.05) is 24.3 Å². The van der Waals surface area contributed by atoms with Crippen LogP contribution in [0.4, 0.5) is 23.7 Å². The number of hydrogen-bond donors (Lipinski definition) is 2. The highest BCUT2D eigenvalue weighted by atomic mass is 19.2. The van der Waals surface area contributed by atoms with E-state index in [1.807, 2.05) is 24.3 Å². The molecule has 0 heterocycles. The molecule has 0 fully saturated rings. The first-order valence-electron chi connectivity index (χ1n) is 6.77. The Morgan fingerprint density at radius 1 is 1.04 bits per heavy atom. The first-order chi connectivity index (χ1) is 11.0. The molecule has 0 saturated heterocycles. The maximum atomic E-state index is 13.5. The van der Waals surface area contributed by atoms with Crippen molar-refractivity contribution in [3.05, 3.63) is 65.0 Å². The van der Waals surface area contributed by atoms with Crippen LogP contribution < -0.4 is 10.6 Å². The monoisotopic (exact) mass is 324 g/mol. The average molecular weight is 324 g/mol. The second-order valence-corrected chi connectivity index (χ2v) is 4.73. The predicted octanol–water partition coefficient (Wildman–Crippen LogP) is 3.57. The van der Waals surface area contributed by atoms with Gasteiger partial charge < -0.3 is 15.4 Å².